The van der Waals surface area contributed by atoms with Crippen LogP contribution in [0.1, 0.15) is 26.3 Å². The Labute approximate surface area is 89.3 Å². The molecule has 2 nitrogen and oxygen atoms in total. The highest BCUT2D eigenvalue weighted by atomic mass is 35.5. The number of pyridine rings is 1. The fourth-order valence-corrected chi connectivity index (χ4v) is 0.892. The fourth-order valence-electron chi connectivity index (χ4n) is 0.718. The number of hydrogen-bond donors (Lipinski definition) is 0. The van der Waals surface area contributed by atoms with Crippen molar-refractivity contribution in [3.63, 3.8) is 0 Å². The predicted molar refractivity (Wildman–Crippen MR) is 57.0 cm³/mol. The second-order valence-corrected chi connectivity index (χ2v) is 4.20. The van der Waals surface area contributed by atoms with Gasteiger partial charge in [0.15, 0.2) is 0 Å². The first-order chi connectivity index (χ1) is 6.47. The van der Waals surface area contributed by atoms with E-state index in [0.717, 1.165) is 5.56 Å². The Morgan fingerprint density at radius 1 is 1.43 bits per heavy atom. The van der Waals surface area contributed by atoms with Crippen LogP contribution < -0.4 is 0 Å². The lowest BCUT2D eigenvalue weighted by Crippen LogP contribution is -2.15. The Morgan fingerprint density at radius 3 is 2.71 bits per heavy atom. The maximum atomic E-state index is 5.69. The number of aromatic nitrogens is 1. The van der Waals surface area contributed by atoms with E-state index in [2.05, 4.69) is 17.0 Å². The summed E-state index contributed by atoms with van der Waals surface area (Å²) in [6.45, 7) is 5.84. The molecule has 0 aliphatic heterocycles. The summed E-state index contributed by atoms with van der Waals surface area (Å²) < 4.78 is 5.25. The molecule has 0 amide bonds. The van der Waals surface area contributed by atoms with Gasteiger partial charge in [0.2, 0.25) is 0 Å². The third-order valence-electron chi connectivity index (χ3n) is 1.28. The van der Waals surface area contributed by atoms with E-state index >= 15 is 0 Å². The van der Waals surface area contributed by atoms with Gasteiger partial charge in [-0.1, -0.05) is 11.6 Å². The van der Waals surface area contributed by atoms with Gasteiger partial charge >= 0.3 is 0 Å². The lowest BCUT2D eigenvalue weighted by molar-refractivity contribution is 0.0963. The molecular weight excluding hydrogens is 198 g/mol. The molecule has 1 aromatic heterocycles. The molecule has 0 aliphatic carbocycles. The van der Waals surface area contributed by atoms with Crippen molar-refractivity contribution < 1.29 is 4.74 Å². The molecule has 0 spiro atoms. The van der Waals surface area contributed by atoms with Crippen LogP contribution >= 0.6 is 11.6 Å². The first-order valence-electron chi connectivity index (χ1n) is 4.28. The van der Waals surface area contributed by atoms with E-state index in [-0.39, 0.29) is 5.60 Å². The van der Waals surface area contributed by atoms with Crippen molar-refractivity contribution in [2.24, 2.45) is 0 Å². The van der Waals surface area contributed by atoms with Gasteiger partial charge in [-0.25, -0.2) is 4.98 Å². The van der Waals surface area contributed by atoms with Crippen molar-refractivity contribution in [1.82, 2.24) is 4.98 Å². The fraction of sp³-hybridized carbons (Fsp3) is 0.364. The number of rotatable bonds is 0. The summed E-state index contributed by atoms with van der Waals surface area (Å²) in [6, 6.07) is 3.48. The van der Waals surface area contributed by atoms with E-state index in [4.69, 9.17) is 16.3 Å². The van der Waals surface area contributed by atoms with Crippen molar-refractivity contribution in [3.05, 3.63) is 29.0 Å². The minimum absolute atomic E-state index is 0.246. The normalized spacial score (nSPS) is 10.3. The molecule has 1 aromatic rings. The third kappa shape index (κ3) is 4.15. The number of ether oxygens (including phenoxy) is 1. The van der Waals surface area contributed by atoms with Crippen LogP contribution in [-0.4, -0.2) is 10.6 Å². The molecule has 3 heteroatoms. The highest BCUT2D eigenvalue weighted by Gasteiger charge is 2.07. The number of halogens is 1. The molecule has 14 heavy (non-hydrogen) atoms. The molecule has 0 aliphatic rings. The highest BCUT2D eigenvalue weighted by molar-refractivity contribution is 6.29. The molecule has 0 fully saturated rings. The molecule has 0 atom stereocenters. The van der Waals surface area contributed by atoms with Gasteiger partial charge in [-0.3, -0.25) is 0 Å². The van der Waals surface area contributed by atoms with Gasteiger partial charge in [0.05, 0.1) is 0 Å². The average Bonchev–Trinajstić information content (AvgIpc) is 2.01. The maximum absolute atomic E-state index is 5.69. The molecule has 0 bridgehead atoms. The number of nitrogens with zero attached hydrogens (tertiary/aromatic N) is 1. The Morgan fingerprint density at radius 2 is 2.14 bits per heavy atom. The Bertz CT molecular complexity index is 371. The van der Waals surface area contributed by atoms with E-state index in [1.807, 2.05) is 20.8 Å². The van der Waals surface area contributed by atoms with Crippen LogP contribution in [0.3, 0.4) is 0 Å². The Hall–Kier alpha value is -1.20. The van der Waals surface area contributed by atoms with Crippen LogP contribution in [0.2, 0.25) is 5.15 Å². The molecule has 0 aromatic carbocycles. The highest BCUT2D eigenvalue weighted by Crippen LogP contribution is 2.07. The molecule has 0 N–H and O–H groups in total. The van der Waals surface area contributed by atoms with Crippen LogP contribution in [0.5, 0.6) is 0 Å². The monoisotopic (exact) mass is 209 g/mol. The summed E-state index contributed by atoms with van der Waals surface area (Å²) in [4.78, 5) is 3.85. The second kappa shape index (κ2) is 4.34. The van der Waals surface area contributed by atoms with E-state index in [9.17, 15) is 0 Å². The van der Waals surface area contributed by atoms with Gasteiger partial charge in [0, 0.05) is 11.8 Å². The molecular formula is C11H12ClNO. The maximum Gasteiger partial charge on any atom is 0.130 e. The van der Waals surface area contributed by atoms with Crippen LogP contribution in [0.25, 0.3) is 0 Å². The molecule has 0 saturated carbocycles. The zero-order valence-corrected chi connectivity index (χ0v) is 9.22. The molecule has 1 heterocycles. The topological polar surface area (TPSA) is 22.1 Å². The summed E-state index contributed by atoms with van der Waals surface area (Å²) in [6.07, 6.45) is 4.25. The third-order valence-corrected chi connectivity index (χ3v) is 1.49. The van der Waals surface area contributed by atoms with Crippen molar-refractivity contribution in [1.29, 1.82) is 0 Å². The van der Waals surface area contributed by atoms with E-state index < -0.39 is 0 Å². The van der Waals surface area contributed by atoms with E-state index in [1.54, 1.807) is 18.3 Å². The summed E-state index contributed by atoms with van der Waals surface area (Å²) in [7, 11) is 0. The summed E-state index contributed by atoms with van der Waals surface area (Å²) in [5.41, 5.74) is 0.554. The first-order valence-corrected chi connectivity index (χ1v) is 4.66. The lowest BCUT2D eigenvalue weighted by atomic mass is 10.2. The van der Waals surface area contributed by atoms with Gasteiger partial charge in [0.25, 0.3) is 0 Å². The quantitative estimate of drug-likeness (QED) is 0.484. The number of hydrogen-bond acceptors (Lipinski definition) is 2. The zero-order valence-electron chi connectivity index (χ0n) is 8.47. The van der Waals surface area contributed by atoms with Crippen molar-refractivity contribution in [3.8, 4) is 12.0 Å². The molecule has 0 saturated heterocycles. The Kier molecular flexibility index (Phi) is 3.38. The largest absolute Gasteiger partial charge is 0.441 e. The molecule has 1 rings (SSSR count). The van der Waals surface area contributed by atoms with Gasteiger partial charge in [-0.2, -0.15) is 0 Å². The average molecular weight is 210 g/mol. The molecule has 0 unspecified atom stereocenters. The van der Waals surface area contributed by atoms with Crippen LogP contribution in [0, 0.1) is 12.0 Å². The van der Waals surface area contributed by atoms with Crippen molar-refractivity contribution >= 4 is 11.6 Å². The Balaban J connectivity index is 2.69. The zero-order chi connectivity index (χ0) is 10.6. The van der Waals surface area contributed by atoms with E-state index in [0.29, 0.717) is 5.15 Å². The van der Waals surface area contributed by atoms with Gasteiger partial charge in [-0.15, -0.1) is 0 Å². The molecule has 0 radical (unpaired) electrons. The van der Waals surface area contributed by atoms with Gasteiger partial charge in [0.1, 0.15) is 16.9 Å². The summed E-state index contributed by atoms with van der Waals surface area (Å²) in [5, 5.41) is 0.438. The van der Waals surface area contributed by atoms with Crippen molar-refractivity contribution in [2.75, 3.05) is 0 Å². The smallest absolute Gasteiger partial charge is 0.130 e. The van der Waals surface area contributed by atoms with Crippen LogP contribution in [-0.2, 0) is 4.74 Å². The van der Waals surface area contributed by atoms with Gasteiger partial charge < -0.3 is 4.74 Å². The summed E-state index contributed by atoms with van der Waals surface area (Å²) in [5.74, 6) is 2.85. The minimum atomic E-state index is -0.246. The van der Waals surface area contributed by atoms with Crippen molar-refractivity contribution in [2.45, 2.75) is 26.4 Å². The van der Waals surface area contributed by atoms with Crippen LogP contribution in [0.15, 0.2) is 18.3 Å². The SMILES string of the molecule is CC(C)(C)OC#Cc1ccnc(Cl)c1. The lowest BCUT2D eigenvalue weighted by Gasteiger charge is -2.14. The standard InChI is InChI=1S/C11H12ClNO/c1-11(2,3)14-7-5-9-4-6-13-10(12)8-9/h4,6,8H,1-3H3. The first kappa shape index (κ1) is 10.9. The van der Waals surface area contributed by atoms with E-state index in [1.165, 1.54) is 0 Å². The minimum Gasteiger partial charge on any atom is -0.441 e. The molecule has 74 valence electrons. The second-order valence-electron chi connectivity index (χ2n) is 3.81. The van der Waals surface area contributed by atoms with Crippen LogP contribution in [0.4, 0.5) is 0 Å². The predicted octanol–water partition coefficient (Wildman–Crippen LogP) is 2.86. The summed E-state index contributed by atoms with van der Waals surface area (Å²) >= 11 is 5.69. The van der Waals surface area contributed by atoms with Gasteiger partial charge in [-0.05, 0) is 38.8 Å².